The number of pyridine rings is 1. The summed E-state index contributed by atoms with van der Waals surface area (Å²) in [6, 6.07) is 12.7. The number of rotatable bonds is 5. The number of ether oxygens (including phenoxy) is 1. The first-order chi connectivity index (χ1) is 12.6. The topological polar surface area (TPSA) is 71.5 Å². The number of para-hydroxylation sites is 1. The lowest BCUT2D eigenvalue weighted by Gasteiger charge is -2.31. The van der Waals surface area contributed by atoms with Gasteiger partial charge in [0.15, 0.2) is 17.5 Å². The van der Waals surface area contributed by atoms with Crippen LogP contribution in [0.15, 0.2) is 48.7 Å². The number of nitrogens with zero attached hydrogens (tertiary/aromatic N) is 2. The minimum atomic E-state index is -0.119. The van der Waals surface area contributed by atoms with Crippen LogP contribution in [0.4, 0.5) is 5.69 Å². The van der Waals surface area contributed by atoms with E-state index in [0.717, 1.165) is 5.69 Å². The zero-order valence-electron chi connectivity index (χ0n) is 14.2. The summed E-state index contributed by atoms with van der Waals surface area (Å²) in [6.45, 7) is 0.984. The molecule has 1 fully saturated rings. The van der Waals surface area contributed by atoms with E-state index in [2.05, 4.69) is 10.3 Å². The van der Waals surface area contributed by atoms with Crippen molar-refractivity contribution in [2.75, 3.05) is 25.0 Å². The molecule has 0 saturated carbocycles. The molecule has 3 rings (SSSR count). The molecule has 26 heavy (non-hydrogen) atoms. The predicted octanol–water partition coefficient (Wildman–Crippen LogP) is 2.99. The van der Waals surface area contributed by atoms with Crippen LogP contribution < -0.4 is 10.1 Å². The third-order valence-corrected chi connectivity index (χ3v) is 4.62. The standard InChI is InChI=1S/C19H20ClN3O3/c20-18-16(7-4-10-21-18)26-13-17(24)23-11-8-14(9-12-23)19(25)22-15-5-2-1-3-6-15/h1-7,10,14H,8-9,11-13H2,(H,22,25). The number of halogens is 1. The van der Waals surface area contributed by atoms with Crippen molar-refractivity contribution < 1.29 is 14.3 Å². The number of benzene rings is 1. The normalized spacial score (nSPS) is 14.7. The Hall–Kier alpha value is -2.60. The maximum atomic E-state index is 12.3. The Balaban J connectivity index is 1.45. The van der Waals surface area contributed by atoms with Crippen molar-refractivity contribution in [1.82, 2.24) is 9.88 Å². The Morgan fingerprint density at radius 3 is 2.58 bits per heavy atom. The molecule has 0 spiro atoms. The molecule has 0 unspecified atom stereocenters. The van der Waals surface area contributed by atoms with Crippen molar-refractivity contribution in [3.05, 3.63) is 53.8 Å². The first kappa shape index (κ1) is 18.2. The minimum absolute atomic E-state index is 0.00157. The van der Waals surface area contributed by atoms with Crippen LogP contribution in [0.3, 0.4) is 0 Å². The van der Waals surface area contributed by atoms with E-state index >= 15 is 0 Å². The van der Waals surface area contributed by atoms with Crippen LogP contribution in [0.2, 0.25) is 5.15 Å². The van der Waals surface area contributed by atoms with Crippen LogP contribution in [0.25, 0.3) is 0 Å². The molecule has 1 aliphatic heterocycles. The van der Waals surface area contributed by atoms with E-state index in [1.807, 2.05) is 30.3 Å². The summed E-state index contributed by atoms with van der Waals surface area (Å²) in [6.07, 6.45) is 2.83. The molecule has 1 N–H and O–H groups in total. The minimum Gasteiger partial charge on any atom is -0.481 e. The van der Waals surface area contributed by atoms with Gasteiger partial charge in [0.05, 0.1) is 0 Å². The van der Waals surface area contributed by atoms with Gasteiger partial charge in [-0.25, -0.2) is 4.98 Å². The second kappa shape index (κ2) is 8.67. The summed E-state index contributed by atoms with van der Waals surface area (Å²) in [4.78, 5) is 30.2. The molecule has 1 aliphatic rings. The summed E-state index contributed by atoms with van der Waals surface area (Å²) in [5.74, 6) is 0.182. The Morgan fingerprint density at radius 2 is 1.88 bits per heavy atom. The molecule has 136 valence electrons. The number of hydrogen-bond acceptors (Lipinski definition) is 4. The fraction of sp³-hybridized carbons (Fsp3) is 0.316. The van der Waals surface area contributed by atoms with Crippen LogP contribution in [0, 0.1) is 5.92 Å². The van der Waals surface area contributed by atoms with E-state index in [1.54, 1.807) is 23.2 Å². The highest BCUT2D eigenvalue weighted by atomic mass is 35.5. The van der Waals surface area contributed by atoms with E-state index in [9.17, 15) is 9.59 Å². The van der Waals surface area contributed by atoms with Crippen molar-refractivity contribution >= 4 is 29.1 Å². The molecule has 0 bridgehead atoms. The van der Waals surface area contributed by atoms with Crippen molar-refractivity contribution in [3.63, 3.8) is 0 Å². The molecular formula is C19H20ClN3O3. The molecule has 1 aromatic carbocycles. The maximum Gasteiger partial charge on any atom is 0.260 e. The van der Waals surface area contributed by atoms with Gasteiger partial charge in [-0.1, -0.05) is 29.8 Å². The molecule has 1 saturated heterocycles. The summed E-state index contributed by atoms with van der Waals surface area (Å²) >= 11 is 5.91. The molecule has 2 aromatic rings. The number of aromatic nitrogens is 1. The number of amides is 2. The van der Waals surface area contributed by atoms with E-state index in [4.69, 9.17) is 16.3 Å². The van der Waals surface area contributed by atoms with Crippen molar-refractivity contribution in [3.8, 4) is 5.75 Å². The smallest absolute Gasteiger partial charge is 0.260 e. The Bertz CT molecular complexity index is 762. The Kier molecular flexibility index (Phi) is 6.07. The molecular weight excluding hydrogens is 354 g/mol. The third-order valence-electron chi connectivity index (χ3n) is 4.34. The number of nitrogens with one attached hydrogen (secondary N) is 1. The average molecular weight is 374 g/mol. The van der Waals surface area contributed by atoms with Crippen molar-refractivity contribution in [2.45, 2.75) is 12.8 Å². The van der Waals surface area contributed by atoms with E-state index in [1.165, 1.54) is 0 Å². The molecule has 0 atom stereocenters. The van der Waals surface area contributed by atoms with E-state index in [0.29, 0.717) is 31.7 Å². The average Bonchev–Trinajstić information content (AvgIpc) is 2.68. The van der Waals surface area contributed by atoms with Gasteiger partial charge < -0.3 is 15.0 Å². The SMILES string of the molecule is O=C(Nc1ccccc1)C1CCN(C(=O)COc2cccnc2Cl)CC1. The summed E-state index contributed by atoms with van der Waals surface area (Å²) in [5, 5.41) is 3.15. The van der Waals surface area contributed by atoms with Crippen LogP contribution in [-0.2, 0) is 9.59 Å². The lowest BCUT2D eigenvalue weighted by atomic mass is 9.95. The fourth-order valence-corrected chi connectivity index (χ4v) is 3.04. The number of piperidine rings is 1. The van der Waals surface area contributed by atoms with Gasteiger partial charge in [-0.15, -0.1) is 0 Å². The quantitative estimate of drug-likeness (QED) is 0.818. The van der Waals surface area contributed by atoms with Crippen molar-refractivity contribution in [2.24, 2.45) is 5.92 Å². The van der Waals surface area contributed by atoms with E-state index in [-0.39, 0.29) is 29.5 Å². The van der Waals surface area contributed by atoms with Crippen LogP contribution in [0.5, 0.6) is 5.75 Å². The second-order valence-electron chi connectivity index (χ2n) is 6.09. The number of hydrogen-bond donors (Lipinski definition) is 1. The predicted molar refractivity (Wildman–Crippen MR) is 99.1 cm³/mol. The summed E-state index contributed by atoms with van der Waals surface area (Å²) in [5.41, 5.74) is 0.790. The molecule has 7 heteroatoms. The highest BCUT2D eigenvalue weighted by Gasteiger charge is 2.27. The highest BCUT2D eigenvalue weighted by Crippen LogP contribution is 2.22. The highest BCUT2D eigenvalue weighted by molar-refractivity contribution is 6.30. The number of anilines is 1. The lowest BCUT2D eigenvalue weighted by Crippen LogP contribution is -2.43. The van der Waals surface area contributed by atoms with Crippen molar-refractivity contribution in [1.29, 1.82) is 0 Å². The Labute approximate surface area is 157 Å². The van der Waals surface area contributed by atoms with Crippen LogP contribution in [0.1, 0.15) is 12.8 Å². The summed E-state index contributed by atoms with van der Waals surface area (Å²) in [7, 11) is 0. The lowest BCUT2D eigenvalue weighted by molar-refractivity contribution is -0.136. The molecule has 6 nitrogen and oxygen atoms in total. The zero-order valence-corrected chi connectivity index (χ0v) is 15.0. The fourth-order valence-electron chi connectivity index (χ4n) is 2.87. The molecule has 2 heterocycles. The summed E-state index contributed by atoms with van der Waals surface area (Å²) < 4.78 is 5.44. The second-order valence-corrected chi connectivity index (χ2v) is 6.45. The van der Waals surface area contributed by atoms with Gasteiger partial charge in [0.25, 0.3) is 5.91 Å². The molecule has 2 amide bonds. The monoisotopic (exact) mass is 373 g/mol. The Morgan fingerprint density at radius 1 is 1.15 bits per heavy atom. The van der Waals surface area contributed by atoms with Gasteiger partial charge in [0.1, 0.15) is 0 Å². The van der Waals surface area contributed by atoms with Gasteiger partial charge in [-0.3, -0.25) is 9.59 Å². The van der Waals surface area contributed by atoms with Crippen LogP contribution >= 0.6 is 11.6 Å². The molecule has 0 radical (unpaired) electrons. The van der Waals surface area contributed by atoms with E-state index < -0.39 is 0 Å². The van der Waals surface area contributed by atoms with Gasteiger partial charge in [0, 0.05) is 30.9 Å². The van der Waals surface area contributed by atoms with Gasteiger partial charge in [-0.2, -0.15) is 0 Å². The first-order valence-electron chi connectivity index (χ1n) is 8.50. The number of carbonyl (C=O) groups excluding carboxylic acids is 2. The van der Waals surface area contributed by atoms with Gasteiger partial charge in [0.2, 0.25) is 5.91 Å². The first-order valence-corrected chi connectivity index (χ1v) is 8.88. The van der Waals surface area contributed by atoms with Gasteiger partial charge in [-0.05, 0) is 37.1 Å². The molecule has 1 aromatic heterocycles. The third kappa shape index (κ3) is 4.73. The number of likely N-dealkylation sites (tertiary alicyclic amines) is 1. The number of carbonyl (C=O) groups is 2. The zero-order chi connectivity index (χ0) is 18.4. The van der Waals surface area contributed by atoms with Gasteiger partial charge >= 0.3 is 0 Å². The molecule has 0 aliphatic carbocycles. The largest absolute Gasteiger partial charge is 0.481 e. The maximum absolute atomic E-state index is 12.3. The van der Waals surface area contributed by atoms with Crippen LogP contribution in [-0.4, -0.2) is 41.4 Å².